The lowest BCUT2D eigenvalue weighted by atomic mass is 9.93. The monoisotopic (exact) mass is 250 g/mol. The van der Waals surface area contributed by atoms with Crippen LogP contribution >= 0.6 is 0 Å². The molecule has 4 nitrogen and oxygen atoms in total. The van der Waals surface area contributed by atoms with Gasteiger partial charge in [0.05, 0.1) is 12.2 Å². The molecule has 1 saturated heterocycles. The predicted molar refractivity (Wildman–Crippen MR) is 74.1 cm³/mol. The van der Waals surface area contributed by atoms with Crippen molar-refractivity contribution >= 4 is 11.4 Å². The number of nitrogen functional groups attached to an aromatic ring is 1. The second kappa shape index (κ2) is 5.06. The van der Waals surface area contributed by atoms with E-state index in [0.717, 1.165) is 37.4 Å². The highest BCUT2D eigenvalue weighted by Crippen LogP contribution is 2.30. The third kappa shape index (κ3) is 3.07. The number of nitrogens with two attached hydrogens (primary N) is 1. The van der Waals surface area contributed by atoms with Crippen molar-refractivity contribution in [3.8, 4) is 5.75 Å². The van der Waals surface area contributed by atoms with Crippen molar-refractivity contribution in [2.75, 3.05) is 30.3 Å². The number of rotatable bonds is 3. The molecule has 3 N–H and O–H groups in total. The molecule has 1 heterocycles. The SMILES string of the molecule is CCOc1cc(N)cc(N2CCC(C)(O)CC2)c1. The van der Waals surface area contributed by atoms with E-state index < -0.39 is 5.60 Å². The Morgan fingerprint density at radius 1 is 1.33 bits per heavy atom. The molecule has 1 fully saturated rings. The standard InChI is InChI=1S/C14H22N2O2/c1-3-18-13-9-11(15)8-12(10-13)16-6-4-14(2,17)5-7-16/h8-10,17H,3-7,15H2,1-2H3. The normalized spacial score (nSPS) is 18.7. The summed E-state index contributed by atoms with van der Waals surface area (Å²) in [6, 6.07) is 5.82. The molecular formula is C14H22N2O2. The number of piperidine rings is 1. The zero-order valence-corrected chi connectivity index (χ0v) is 11.1. The largest absolute Gasteiger partial charge is 0.494 e. The highest BCUT2D eigenvalue weighted by molar-refractivity contribution is 5.60. The van der Waals surface area contributed by atoms with Gasteiger partial charge in [0.1, 0.15) is 5.75 Å². The molecule has 0 atom stereocenters. The maximum Gasteiger partial charge on any atom is 0.123 e. The fourth-order valence-corrected chi connectivity index (χ4v) is 2.28. The van der Waals surface area contributed by atoms with Gasteiger partial charge in [-0.1, -0.05) is 0 Å². The smallest absolute Gasteiger partial charge is 0.123 e. The first-order chi connectivity index (χ1) is 8.50. The molecule has 0 saturated carbocycles. The number of benzene rings is 1. The van der Waals surface area contributed by atoms with Gasteiger partial charge in [-0.15, -0.1) is 0 Å². The number of anilines is 2. The highest BCUT2D eigenvalue weighted by Gasteiger charge is 2.27. The molecule has 0 radical (unpaired) electrons. The second-order valence-electron chi connectivity index (χ2n) is 5.18. The van der Waals surface area contributed by atoms with E-state index in [-0.39, 0.29) is 0 Å². The van der Waals surface area contributed by atoms with Crippen LogP contribution in [0.1, 0.15) is 26.7 Å². The van der Waals surface area contributed by atoms with Crippen LogP contribution in [0.15, 0.2) is 18.2 Å². The van der Waals surface area contributed by atoms with Crippen molar-refractivity contribution in [2.24, 2.45) is 0 Å². The van der Waals surface area contributed by atoms with Gasteiger partial charge in [-0.3, -0.25) is 0 Å². The Labute approximate surface area is 108 Å². The first-order valence-electron chi connectivity index (χ1n) is 6.51. The molecule has 0 aromatic heterocycles. The minimum Gasteiger partial charge on any atom is -0.494 e. The summed E-state index contributed by atoms with van der Waals surface area (Å²) in [6.45, 7) is 6.19. The second-order valence-corrected chi connectivity index (χ2v) is 5.18. The third-order valence-corrected chi connectivity index (χ3v) is 3.43. The maximum absolute atomic E-state index is 9.96. The van der Waals surface area contributed by atoms with Crippen molar-refractivity contribution < 1.29 is 9.84 Å². The number of hydrogen-bond donors (Lipinski definition) is 2. The number of aliphatic hydroxyl groups is 1. The third-order valence-electron chi connectivity index (χ3n) is 3.43. The van der Waals surface area contributed by atoms with Crippen LogP contribution in [0.3, 0.4) is 0 Å². The van der Waals surface area contributed by atoms with Crippen LogP contribution in [0.5, 0.6) is 5.75 Å². The van der Waals surface area contributed by atoms with Crippen LogP contribution < -0.4 is 15.4 Å². The van der Waals surface area contributed by atoms with Crippen LogP contribution in [0.4, 0.5) is 11.4 Å². The molecule has 0 spiro atoms. The zero-order chi connectivity index (χ0) is 13.2. The summed E-state index contributed by atoms with van der Waals surface area (Å²) in [5, 5.41) is 9.96. The van der Waals surface area contributed by atoms with E-state index in [4.69, 9.17) is 10.5 Å². The average Bonchev–Trinajstić information content (AvgIpc) is 2.28. The predicted octanol–water partition coefficient (Wildman–Crippen LogP) is 2.02. The minimum atomic E-state index is -0.528. The summed E-state index contributed by atoms with van der Waals surface area (Å²) in [4.78, 5) is 2.25. The average molecular weight is 250 g/mol. The molecule has 1 aliphatic rings. The van der Waals surface area contributed by atoms with E-state index >= 15 is 0 Å². The van der Waals surface area contributed by atoms with E-state index in [1.165, 1.54) is 0 Å². The lowest BCUT2D eigenvalue weighted by molar-refractivity contribution is 0.0351. The van der Waals surface area contributed by atoms with Crippen molar-refractivity contribution in [1.82, 2.24) is 0 Å². The Bertz CT molecular complexity index is 408. The van der Waals surface area contributed by atoms with Gasteiger partial charge >= 0.3 is 0 Å². The topological polar surface area (TPSA) is 58.7 Å². The molecule has 0 aliphatic carbocycles. The van der Waals surface area contributed by atoms with Crippen LogP contribution in [0.25, 0.3) is 0 Å². The maximum atomic E-state index is 9.96. The summed E-state index contributed by atoms with van der Waals surface area (Å²) in [7, 11) is 0. The first kappa shape index (κ1) is 13.0. The summed E-state index contributed by atoms with van der Waals surface area (Å²) >= 11 is 0. The molecule has 1 aromatic carbocycles. The lowest BCUT2D eigenvalue weighted by Gasteiger charge is -2.37. The van der Waals surface area contributed by atoms with Gasteiger partial charge in [-0.05, 0) is 32.8 Å². The molecular weight excluding hydrogens is 228 g/mol. The molecule has 1 aromatic rings. The molecule has 1 aliphatic heterocycles. The Kier molecular flexibility index (Phi) is 3.66. The van der Waals surface area contributed by atoms with E-state index in [2.05, 4.69) is 4.90 Å². The molecule has 0 amide bonds. The van der Waals surface area contributed by atoms with Crippen LogP contribution in [-0.2, 0) is 0 Å². The van der Waals surface area contributed by atoms with Gasteiger partial charge in [0.15, 0.2) is 0 Å². The van der Waals surface area contributed by atoms with Crippen molar-refractivity contribution in [3.05, 3.63) is 18.2 Å². The fourth-order valence-electron chi connectivity index (χ4n) is 2.28. The summed E-state index contributed by atoms with van der Waals surface area (Å²) in [5.74, 6) is 0.810. The Morgan fingerprint density at radius 2 is 2.00 bits per heavy atom. The molecule has 2 rings (SSSR count). The number of ether oxygens (including phenoxy) is 1. The lowest BCUT2D eigenvalue weighted by Crippen LogP contribution is -2.42. The Morgan fingerprint density at radius 3 is 2.61 bits per heavy atom. The van der Waals surface area contributed by atoms with Crippen LogP contribution in [0.2, 0.25) is 0 Å². The number of hydrogen-bond acceptors (Lipinski definition) is 4. The van der Waals surface area contributed by atoms with Crippen molar-refractivity contribution in [3.63, 3.8) is 0 Å². The van der Waals surface area contributed by atoms with Crippen LogP contribution in [-0.4, -0.2) is 30.4 Å². The summed E-state index contributed by atoms with van der Waals surface area (Å²) in [5.41, 5.74) is 7.16. The van der Waals surface area contributed by atoms with Gasteiger partial charge in [0.2, 0.25) is 0 Å². The van der Waals surface area contributed by atoms with Gasteiger partial charge < -0.3 is 20.5 Å². The Balaban J connectivity index is 2.13. The quantitative estimate of drug-likeness (QED) is 0.806. The number of nitrogens with zero attached hydrogens (tertiary/aromatic N) is 1. The highest BCUT2D eigenvalue weighted by atomic mass is 16.5. The van der Waals surface area contributed by atoms with E-state index in [1.807, 2.05) is 32.0 Å². The molecule has 18 heavy (non-hydrogen) atoms. The van der Waals surface area contributed by atoms with Crippen LogP contribution in [0, 0.1) is 0 Å². The Hall–Kier alpha value is -1.42. The van der Waals surface area contributed by atoms with Crippen molar-refractivity contribution in [1.29, 1.82) is 0 Å². The van der Waals surface area contributed by atoms with Crippen molar-refractivity contribution in [2.45, 2.75) is 32.3 Å². The molecule has 100 valence electrons. The van der Waals surface area contributed by atoms with E-state index in [1.54, 1.807) is 0 Å². The van der Waals surface area contributed by atoms with E-state index in [9.17, 15) is 5.11 Å². The summed E-state index contributed by atoms with van der Waals surface area (Å²) in [6.07, 6.45) is 1.57. The molecule has 0 unspecified atom stereocenters. The summed E-state index contributed by atoms with van der Waals surface area (Å²) < 4.78 is 5.50. The van der Waals surface area contributed by atoms with Gasteiger partial charge in [0, 0.05) is 36.6 Å². The van der Waals surface area contributed by atoms with E-state index in [0.29, 0.717) is 12.3 Å². The zero-order valence-electron chi connectivity index (χ0n) is 11.1. The molecule has 4 heteroatoms. The van der Waals surface area contributed by atoms with Gasteiger partial charge in [0.25, 0.3) is 0 Å². The fraction of sp³-hybridized carbons (Fsp3) is 0.571. The minimum absolute atomic E-state index is 0.528. The first-order valence-corrected chi connectivity index (χ1v) is 6.51. The molecule has 0 bridgehead atoms. The van der Waals surface area contributed by atoms with Gasteiger partial charge in [-0.2, -0.15) is 0 Å². The van der Waals surface area contributed by atoms with Gasteiger partial charge in [-0.25, -0.2) is 0 Å².